The van der Waals surface area contributed by atoms with Crippen LogP contribution in [0.4, 0.5) is 0 Å². The van der Waals surface area contributed by atoms with E-state index in [0.29, 0.717) is 31.6 Å². The quantitative estimate of drug-likeness (QED) is 0.442. The molecule has 1 unspecified atom stereocenters. The molecule has 8 heteroatoms. The van der Waals surface area contributed by atoms with Crippen LogP contribution in [0.15, 0.2) is 18.2 Å². The maximum absolute atomic E-state index is 12.8. The molecule has 0 saturated carbocycles. The van der Waals surface area contributed by atoms with Gasteiger partial charge in [0.05, 0.1) is 6.10 Å². The van der Waals surface area contributed by atoms with Crippen LogP contribution in [0.1, 0.15) is 47.2 Å². The molecule has 30 heavy (non-hydrogen) atoms. The van der Waals surface area contributed by atoms with Crippen molar-refractivity contribution in [3.05, 3.63) is 34.9 Å². The number of piperidine rings is 2. The molecule has 156 valence electrons. The van der Waals surface area contributed by atoms with Crippen molar-refractivity contribution in [1.82, 2.24) is 15.1 Å². The first-order chi connectivity index (χ1) is 14.6. The number of nitrogens with zero attached hydrogens (tertiary/aromatic N) is 2. The average molecular weight is 409 g/mol. The van der Waals surface area contributed by atoms with Gasteiger partial charge in [-0.25, -0.2) is 0 Å². The number of carbonyl (C=O) groups excluding carboxylic acids is 4. The van der Waals surface area contributed by atoms with Crippen LogP contribution in [0.2, 0.25) is 0 Å². The number of benzene rings is 1. The number of hydrogen-bond donors (Lipinski definition) is 1. The summed E-state index contributed by atoms with van der Waals surface area (Å²) in [5.41, 5.74) is 2.10. The van der Waals surface area contributed by atoms with Crippen LogP contribution in [0.3, 0.4) is 0 Å². The first-order valence-electron chi connectivity index (χ1n) is 10.1. The number of imide groups is 1. The van der Waals surface area contributed by atoms with Crippen LogP contribution in [0.25, 0.3) is 0 Å². The minimum absolute atomic E-state index is 0.0987. The van der Waals surface area contributed by atoms with Gasteiger partial charge >= 0.3 is 0 Å². The number of likely N-dealkylation sites (tertiary alicyclic amines) is 1. The van der Waals surface area contributed by atoms with Gasteiger partial charge in [-0.15, -0.1) is 0 Å². The van der Waals surface area contributed by atoms with Crippen LogP contribution < -0.4 is 5.32 Å². The van der Waals surface area contributed by atoms with E-state index in [-0.39, 0.29) is 30.9 Å². The van der Waals surface area contributed by atoms with Crippen molar-refractivity contribution >= 4 is 24.1 Å². The second-order valence-electron chi connectivity index (χ2n) is 7.69. The highest BCUT2D eigenvalue weighted by atomic mass is 16.5. The summed E-state index contributed by atoms with van der Waals surface area (Å²) >= 11 is 0. The predicted molar refractivity (Wildman–Crippen MR) is 106 cm³/mol. The topological polar surface area (TPSA) is 96.0 Å². The highest BCUT2D eigenvalue weighted by molar-refractivity contribution is 6.05. The third-order valence-electron chi connectivity index (χ3n) is 5.82. The first-order valence-corrected chi connectivity index (χ1v) is 10.1. The Labute approximate surface area is 174 Å². The number of carbonyl (C=O) groups is 4. The fourth-order valence-corrected chi connectivity index (χ4v) is 4.14. The molecule has 0 radical (unpaired) electrons. The molecular formula is C22H23N3O5. The van der Waals surface area contributed by atoms with E-state index in [1.54, 1.807) is 17.0 Å². The van der Waals surface area contributed by atoms with Gasteiger partial charge in [-0.3, -0.25) is 24.5 Å². The van der Waals surface area contributed by atoms with E-state index in [4.69, 9.17) is 4.74 Å². The van der Waals surface area contributed by atoms with E-state index in [2.05, 4.69) is 17.2 Å². The summed E-state index contributed by atoms with van der Waals surface area (Å²) in [6, 6.07) is 4.75. The van der Waals surface area contributed by atoms with Crippen LogP contribution >= 0.6 is 0 Å². The fourth-order valence-electron chi connectivity index (χ4n) is 4.14. The van der Waals surface area contributed by atoms with Gasteiger partial charge in [0.1, 0.15) is 12.6 Å². The third-order valence-corrected chi connectivity index (χ3v) is 5.82. The van der Waals surface area contributed by atoms with Crippen LogP contribution in [0, 0.1) is 11.8 Å². The Morgan fingerprint density at radius 1 is 1.17 bits per heavy atom. The summed E-state index contributed by atoms with van der Waals surface area (Å²) in [6.45, 7) is 1.98. The predicted octanol–water partition coefficient (Wildman–Crippen LogP) is 0.436. The standard InChI is InChI=1S/C22H23N3O5/c26-14-24-10-8-16(9-11-24)30-12-2-4-15-3-1-5-17-18(15)13-25(22(17)29)19-6-7-20(27)23-21(19)28/h1,3,5,14,16,19H,6-13H2,(H,23,27,28). The molecule has 0 aliphatic carbocycles. The fraction of sp³-hybridized carbons (Fsp3) is 0.455. The van der Waals surface area contributed by atoms with Crippen molar-refractivity contribution in [2.24, 2.45) is 0 Å². The van der Waals surface area contributed by atoms with E-state index >= 15 is 0 Å². The molecule has 8 nitrogen and oxygen atoms in total. The van der Waals surface area contributed by atoms with Gasteiger partial charge in [0.25, 0.3) is 5.91 Å². The summed E-state index contributed by atoms with van der Waals surface area (Å²) in [5, 5.41) is 2.31. The number of nitrogens with one attached hydrogen (secondary N) is 1. The van der Waals surface area contributed by atoms with Gasteiger partial charge in [0.2, 0.25) is 18.2 Å². The maximum Gasteiger partial charge on any atom is 0.255 e. The Balaban J connectivity index is 1.40. The lowest BCUT2D eigenvalue weighted by Crippen LogP contribution is -2.52. The smallest absolute Gasteiger partial charge is 0.255 e. The molecule has 0 aromatic heterocycles. The van der Waals surface area contributed by atoms with Crippen molar-refractivity contribution in [3.63, 3.8) is 0 Å². The summed E-state index contributed by atoms with van der Waals surface area (Å²) in [4.78, 5) is 50.4. The Hall–Kier alpha value is -3.18. The van der Waals surface area contributed by atoms with Crippen LogP contribution in [0.5, 0.6) is 0 Å². The summed E-state index contributed by atoms with van der Waals surface area (Å²) in [7, 11) is 0. The normalized spacial score (nSPS) is 21.7. The molecule has 3 heterocycles. The Morgan fingerprint density at radius 3 is 2.70 bits per heavy atom. The maximum atomic E-state index is 12.8. The van der Waals surface area contributed by atoms with Gasteiger partial charge < -0.3 is 14.5 Å². The molecule has 4 rings (SSSR count). The monoisotopic (exact) mass is 409 g/mol. The number of rotatable bonds is 4. The lowest BCUT2D eigenvalue weighted by molar-refractivity contribution is -0.137. The first kappa shape index (κ1) is 20.1. The number of fused-ring (bicyclic) bond motifs is 1. The van der Waals surface area contributed by atoms with Crippen LogP contribution in [-0.2, 0) is 25.7 Å². The molecule has 0 spiro atoms. The number of hydrogen-bond acceptors (Lipinski definition) is 5. The molecular weight excluding hydrogens is 386 g/mol. The second kappa shape index (κ2) is 8.67. The zero-order chi connectivity index (χ0) is 21.1. The van der Waals surface area contributed by atoms with E-state index < -0.39 is 11.9 Å². The molecule has 1 aromatic rings. The molecule has 3 aliphatic heterocycles. The van der Waals surface area contributed by atoms with Crippen molar-refractivity contribution in [2.45, 2.75) is 44.4 Å². The molecule has 4 amide bonds. The van der Waals surface area contributed by atoms with Crippen molar-refractivity contribution in [2.75, 3.05) is 19.7 Å². The SMILES string of the molecule is O=CN1CCC(OCC#Cc2cccc3c2CN(C2CCC(=O)NC2=O)C3=O)CC1. The molecule has 0 bridgehead atoms. The Bertz CT molecular complexity index is 940. The zero-order valence-corrected chi connectivity index (χ0v) is 16.6. The van der Waals surface area contributed by atoms with Gasteiger partial charge in [0, 0.05) is 37.2 Å². The van der Waals surface area contributed by atoms with E-state index in [9.17, 15) is 19.2 Å². The number of ether oxygens (including phenoxy) is 1. The summed E-state index contributed by atoms with van der Waals surface area (Å²) < 4.78 is 5.80. The van der Waals surface area contributed by atoms with Crippen LogP contribution in [-0.4, -0.2) is 65.8 Å². The van der Waals surface area contributed by atoms with Crippen molar-refractivity contribution < 1.29 is 23.9 Å². The Morgan fingerprint density at radius 2 is 1.97 bits per heavy atom. The van der Waals surface area contributed by atoms with Gasteiger partial charge in [-0.1, -0.05) is 17.9 Å². The summed E-state index contributed by atoms with van der Waals surface area (Å²) in [6.07, 6.45) is 3.13. The molecule has 1 N–H and O–H groups in total. The average Bonchev–Trinajstić information content (AvgIpc) is 3.09. The minimum Gasteiger partial charge on any atom is -0.365 e. The number of amides is 4. The van der Waals surface area contributed by atoms with Gasteiger partial charge in [0.15, 0.2) is 0 Å². The molecule has 3 aliphatic rings. The largest absolute Gasteiger partial charge is 0.365 e. The highest BCUT2D eigenvalue weighted by Crippen LogP contribution is 2.29. The van der Waals surface area contributed by atoms with Crippen molar-refractivity contribution in [1.29, 1.82) is 0 Å². The highest BCUT2D eigenvalue weighted by Gasteiger charge is 2.39. The third kappa shape index (κ3) is 4.07. The zero-order valence-electron chi connectivity index (χ0n) is 16.6. The second-order valence-corrected chi connectivity index (χ2v) is 7.69. The van der Waals surface area contributed by atoms with Gasteiger partial charge in [-0.2, -0.15) is 0 Å². The molecule has 1 aromatic carbocycles. The lowest BCUT2D eigenvalue weighted by Gasteiger charge is -2.29. The van der Waals surface area contributed by atoms with E-state index in [0.717, 1.165) is 30.4 Å². The Kier molecular flexibility index (Phi) is 5.81. The van der Waals surface area contributed by atoms with Gasteiger partial charge in [-0.05, 0) is 37.0 Å². The molecule has 2 saturated heterocycles. The van der Waals surface area contributed by atoms with E-state index in [1.807, 2.05) is 6.07 Å². The molecule has 2 fully saturated rings. The lowest BCUT2D eigenvalue weighted by atomic mass is 10.0. The minimum atomic E-state index is -0.635. The molecule has 1 atom stereocenters. The van der Waals surface area contributed by atoms with Crippen molar-refractivity contribution in [3.8, 4) is 11.8 Å². The van der Waals surface area contributed by atoms with E-state index in [1.165, 1.54) is 4.90 Å². The summed E-state index contributed by atoms with van der Waals surface area (Å²) in [5.74, 6) is 5.18.